The van der Waals surface area contributed by atoms with Crippen LogP contribution in [0.15, 0.2) is 22.7 Å². The van der Waals surface area contributed by atoms with Crippen LogP contribution in [-0.4, -0.2) is 23.8 Å². The van der Waals surface area contributed by atoms with E-state index in [9.17, 15) is 4.79 Å². The summed E-state index contributed by atoms with van der Waals surface area (Å²) in [5, 5.41) is 0. The number of ketones is 1. The summed E-state index contributed by atoms with van der Waals surface area (Å²) in [6.45, 7) is 3.90. The molecule has 0 saturated carbocycles. The molecule has 2 nitrogen and oxygen atoms in total. The second-order valence-electron chi connectivity index (χ2n) is 4.22. The minimum absolute atomic E-state index is 0.101. The summed E-state index contributed by atoms with van der Waals surface area (Å²) in [6, 6.07) is 8.63. The highest BCUT2D eigenvalue weighted by molar-refractivity contribution is 9.10. The number of halogens is 1. The van der Waals surface area contributed by atoms with Gasteiger partial charge in [0, 0.05) is 29.2 Å². The van der Waals surface area contributed by atoms with Crippen LogP contribution in [0.25, 0.3) is 0 Å². The SMILES string of the molecule is Cc1ccc(Br)cc1C(=O)C#CN1CCCC1. The summed E-state index contributed by atoms with van der Waals surface area (Å²) in [6.07, 6.45) is 2.36. The number of carbonyl (C=O) groups excluding carboxylic acids is 1. The molecule has 88 valence electrons. The van der Waals surface area contributed by atoms with E-state index in [0.29, 0.717) is 5.56 Å². The Balaban J connectivity index is 2.16. The summed E-state index contributed by atoms with van der Waals surface area (Å²) < 4.78 is 0.912. The van der Waals surface area contributed by atoms with Gasteiger partial charge in [-0.3, -0.25) is 4.79 Å². The molecule has 1 aromatic carbocycles. The first kappa shape index (κ1) is 12.2. The van der Waals surface area contributed by atoms with Crippen LogP contribution in [0.2, 0.25) is 0 Å². The number of nitrogens with zero attached hydrogens (tertiary/aromatic N) is 1. The number of Topliss-reactive ketones (excluding diaryl/α,β-unsaturated/α-hetero) is 1. The number of likely N-dealkylation sites (tertiary alicyclic amines) is 1. The van der Waals surface area contributed by atoms with Crippen molar-refractivity contribution in [3.8, 4) is 12.0 Å². The van der Waals surface area contributed by atoms with Crippen molar-refractivity contribution in [3.05, 3.63) is 33.8 Å². The average molecular weight is 292 g/mol. The fraction of sp³-hybridized carbons (Fsp3) is 0.357. The Kier molecular flexibility index (Phi) is 3.86. The van der Waals surface area contributed by atoms with Gasteiger partial charge in [-0.05, 0) is 43.4 Å². The van der Waals surface area contributed by atoms with Crippen LogP contribution in [0.5, 0.6) is 0 Å². The maximum atomic E-state index is 12.0. The van der Waals surface area contributed by atoms with Gasteiger partial charge >= 0.3 is 0 Å². The maximum absolute atomic E-state index is 12.0. The third-order valence-electron chi connectivity index (χ3n) is 2.88. The standard InChI is InChI=1S/C14H14BrNO/c1-11-4-5-12(15)10-13(11)14(17)6-9-16-7-2-3-8-16/h4-5,10H,2-3,7-8H2,1H3. The normalized spacial score (nSPS) is 14.4. The monoisotopic (exact) mass is 291 g/mol. The van der Waals surface area contributed by atoms with Crippen LogP contribution in [0.1, 0.15) is 28.8 Å². The van der Waals surface area contributed by atoms with E-state index in [4.69, 9.17) is 0 Å². The molecule has 0 amide bonds. The number of hydrogen-bond donors (Lipinski definition) is 0. The summed E-state index contributed by atoms with van der Waals surface area (Å²) >= 11 is 3.37. The zero-order valence-corrected chi connectivity index (χ0v) is 11.4. The predicted molar refractivity (Wildman–Crippen MR) is 71.8 cm³/mol. The minimum Gasteiger partial charge on any atom is -0.332 e. The molecule has 1 aliphatic rings. The first-order chi connectivity index (χ1) is 8.16. The number of aryl methyl sites for hydroxylation is 1. The topological polar surface area (TPSA) is 20.3 Å². The van der Waals surface area contributed by atoms with Gasteiger partial charge in [0.05, 0.1) is 0 Å². The summed E-state index contributed by atoms with van der Waals surface area (Å²) in [5.74, 6) is 2.62. The molecule has 3 heteroatoms. The third-order valence-corrected chi connectivity index (χ3v) is 3.37. The Morgan fingerprint density at radius 2 is 2.06 bits per heavy atom. The molecular formula is C14H14BrNO. The number of rotatable bonds is 1. The second kappa shape index (κ2) is 5.37. The van der Waals surface area contributed by atoms with Crippen molar-refractivity contribution >= 4 is 21.7 Å². The smallest absolute Gasteiger partial charge is 0.237 e. The molecule has 1 heterocycles. The maximum Gasteiger partial charge on any atom is 0.237 e. The zero-order valence-electron chi connectivity index (χ0n) is 9.79. The Morgan fingerprint density at radius 1 is 1.35 bits per heavy atom. The molecule has 0 aliphatic carbocycles. The predicted octanol–water partition coefficient (Wildman–Crippen LogP) is 3.00. The minimum atomic E-state index is -0.101. The average Bonchev–Trinajstić information content (AvgIpc) is 2.82. The van der Waals surface area contributed by atoms with Crippen molar-refractivity contribution in [1.82, 2.24) is 4.90 Å². The van der Waals surface area contributed by atoms with Gasteiger partial charge in [0.15, 0.2) is 0 Å². The van der Waals surface area contributed by atoms with Crippen LogP contribution >= 0.6 is 15.9 Å². The molecule has 1 aromatic rings. The molecular weight excluding hydrogens is 278 g/mol. The van der Waals surface area contributed by atoms with Crippen molar-refractivity contribution < 1.29 is 4.79 Å². The molecule has 0 N–H and O–H groups in total. The molecule has 1 aliphatic heterocycles. The van der Waals surface area contributed by atoms with Crippen LogP contribution in [0.4, 0.5) is 0 Å². The van der Waals surface area contributed by atoms with E-state index in [1.165, 1.54) is 12.8 Å². The molecule has 0 bridgehead atoms. The van der Waals surface area contributed by atoms with E-state index in [1.54, 1.807) is 0 Å². The van der Waals surface area contributed by atoms with Gasteiger partial charge < -0.3 is 4.90 Å². The van der Waals surface area contributed by atoms with E-state index in [1.807, 2.05) is 30.0 Å². The van der Waals surface area contributed by atoms with Gasteiger partial charge in [0.1, 0.15) is 0 Å². The van der Waals surface area contributed by atoms with Crippen molar-refractivity contribution in [2.24, 2.45) is 0 Å². The van der Waals surface area contributed by atoms with Crippen LogP contribution in [-0.2, 0) is 0 Å². The lowest BCUT2D eigenvalue weighted by molar-refractivity contribution is 0.105. The molecule has 17 heavy (non-hydrogen) atoms. The third kappa shape index (κ3) is 3.10. The van der Waals surface area contributed by atoms with Gasteiger partial charge in [-0.2, -0.15) is 0 Å². The number of benzene rings is 1. The van der Waals surface area contributed by atoms with E-state index in [-0.39, 0.29) is 5.78 Å². The van der Waals surface area contributed by atoms with Crippen molar-refractivity contribution in [1.29, 1.82) is 0 Å². The lowest BCUT2D eigenvalue weighted by Gasteiger charge is -2.05. The fourth-order valence-corrected chi connectivity index (χ4v) is 2.23. The highest BCUT2D eigenvalue weighted by Gasteiger charge is 2.09. The summed E-state index contributed by atoms with van der Waals surface area (Å²) in [4.78, 5) is 14.0. The second-order valence-corrected chi connectivity index (χ2v) is 5.14. The van der Waals surface area contributed by atoms with Crippen molar-refractivity contribution in [3.63, 3.8) is 0 Å². The Labute approximate surface area is 110 Å². The van der Waals surface area contributed by atoms with Gasteiger partial charge in [-0.25, -0.2) is 0 Å². The summed E-state index contributed by atoms with van der Waals surface area (Å²) in [7, 11) is 0. The van der Waals surface area contributed by atoms with Crippen molar-refractivity contribution in [2.45, 2.75) is 19.8 Å². The van der Waals surface area contributed by atoms with Crippen LogP contribution in [0.3, 0.4) is 0 Å². The highest BCUT2D eigenvalue weighted by atomic mass is 79.9. The Hall–Kier alpha value is -1.27. The van der Waals surface area contributed by atoms with Crippen molar-refractivity contribution in [2.75, 3.05) is 13.1 Å². The highest BCUT2D eigenvalue weighted by Crippen LogP contribution is 2.16. The largest absolute Gasteiger partial charge is 0.332 e. The van der Waals surface area contributed by atoms with Crippen LogP contribution in [0, 0.1) is 18.9 Å². The number of carbonyl (C=O) groups is 1. The Bertz CT molecular complexity index is 493. The van der Waals surface area contributed by atoms with Gasteiger partial charge in [0.2, 0.25) is 5.78 Å². The summed E-state index contributed by atoms with van der Waals surface area (Å²) in [5.41, 5.74) is 1.65. The first-order valence-corrected chi connectivity index (χ1v) is 6.53. The lowest BCUT2D eigenvalue weighted by Crippen LogP contribution is -2.12. The van der Waals surface area contributed by atoms with E-state index >= 15 is 0 Å². The fourth-order valence-electron chi connectivity index (χ4n) is 1.86. The van der Waals surface area contributed by atoms with E-state index in [2.05, 4.69) is 27.9 Å². The van der Waals surface area contributed by atoms with Gasteiger partial charge in [-0.1, -0.05) is 22.0 Å². The molecule has 2 rings (SSSR count). The molecule has 0 spiro atoms. The van der Waals surface area contributed by atoms with E-state index < -0.39 is 0 Å². The van der Waals surface area contributed by atoms with Gasteiger partial charge in [0.25, 0.3) is 0 Å². The quantitative estimate of drug-likeness (QED) is 0.586. The molecule has 0 unspecified atom stereocenters. The van der Waals surface area contributed by atoms with Gasteiger partial charge in [-0.15, -0.1) is 0 Å². The zero-order chi connectivity index (χ0) is 12.3. The molecule has 1 fully saturated rings. The van der Waals surface area contributed by atoms with Crippen LogP contribution < -0.4 is 0 Å². The lowest BCUT2D eigenvalue weighted by atomic mass is 10.1. The number of hydrogen-bond acceptors (Lipinski definition) is 2. The van der Waals surface area contributed by atoms with E-state index in [0.717, 1.165) is 23.1 Å². The first-order valence-electron chi connectivity index (χ1n) is 5.74. The Morgan fingerprint density at radius 3 is 2.76 bits per heavy atom. The molecule has 0 atom stereocenters. The molecule has 1 saturated heterocycles. The molecule has 0 radical (unpaired) electrons. The molecule has 0 aromatic heterocycles.